The Hall–Kier alpha value is -3.51. The van der Waals surface area contributed by atoms with Crippen LogP contribution in [0.1, 0.15) is 54.4 Å². The van der Waals surface area contributed by atoms with E-state index >= 15 is 0 Å². The van der Waals surface area contributed by atoms with Crippen LogP contribution in [-0.4, -0.2) is 38.1 Å². The van der Waals surface area contributed by atoms with Crippen molar-refractivity contribution in [2.75, 3.05) is 36.5 Å². The highest BCUT2D eigenvalue weighted by Crippen LogP contribution is 2.37. The lowest BCUT2D eigenvalue weighted by Gasteiger charge is -2.25. The van der Waals surface area contributed by atoms with Crippen molar-refractivity contribution < 1.29 is 14.3 Å². The lowest BCUT2D eigenvalue weighted by Crippen LogP contribution is -2.32. The number of nitrogens with zero attached hydrogens (tertiary/aromatic N) is 1. The number of para-hydroxylation sites is 2. The number of anilines is 2. The molecule has 0 fully saturated rings. The van der Waals surface area contributed by atoms with E-state index in [1.165, 1.54) is 0 Å². The number of amides is 2. The van der Waals surface area contributed by atoms with Crippen molar-refractivity contribution in [3.63, 3.8) is 0 Å². The molecule has 2 amide bonds. The Kier molecular flexibility index (Phi) is 9.44. The fraction of sp³-hybridized carbons (Fsp3) is 0.333. The van der Waals surface area contributed by atoms with Gasteiger partial charge in [0.05, 0.1) is 17.1 Å². The van der Waals surface area contributed by atoms with Gasteiger partial charge in [-0.05, 0) is 67.1 Å². The molecule has 6 nitrogen and oxygen atoms in total. The quantitative estimate of drug-likeness (QED) is 0.310. The molecule has 7 heteroatoms. The second kappa shape index (κ2) is 13.2. The topological polar surface area (TPSA) is 70.7 Å². The number of hydrogen-bond acceptors (Lipinski definition) is 4. The number of carbonyl (C=O) groups is 2. The number of nitrogens with one attached hydrogen (secondary N) is 2. The molecule has 0 aromatic heterocycles. The van der Waals surface area contributed by atoms with Gasteiger partial charge in [-0.1, -0.05) is 54.9 Å². The zero-order valence-corrected chi connectivity index (χ0v) is 22.0. The van der Waals surface area contributed by atoms with Gasteiger partial charge in [-0.3, -0.25) is 9.59 Å². The summed E-state index contributed by atoms with van der Waals surface area (Å²) in [5.41, 5.74) is 3.24. The fourth-order valence-electron chi connectivity index (χ4n) is 4.66. The smallest absolute Gasteiger partial charge is 0.259 e. The molecule has 1 atom stereocenters. The first-order valence-corrected chi connectivity index (χ1v) is 13.3. The number of rotatable bonds is 10. The molecule has 0 saturated carbocycles. The largest absolute Gasteiger partial charge is 0.492 e. The third-order valence-electron chi connectivity index (χ3n) is 6.49. The van der Waals surface area contributed by atoms with Crippen molar-refractivity contribution in [1.29, 1.82) is 0 Å². The van der Waals surface area contributed by atoms with Crippen molar-refractivity contribution >= 4 is 34.8 Å². The van der Waals surface area contributed by atoms with Gasteiger partial charge in [0.2, 0.25) is 5.91 Å². The molecule has 1 unspecified atom stereocenters. The molecule has 194 valence electrons. The van der Waals surface area contributed by atoms with E-state index in [4.69, 9.17) is 16.3 Å². The summed E-state index contributed by atoms with van der Waals surface area (Å²) in [7, 11) is 0. The highest BCUT2D eigenvalue weighted by Gasteiger charge is 2.29. The molecule has 2 N–H and O–H groups in total. The number of fused-ring (bicyclic) bond motifs is 1. The van der Waals surface area contributed by atoms with Crippen LogP contribution in [0, 0.1) is 0 Å². The molecule has 0 radical (unpaired) electrons. The number of ether oxygens (including phenoxy) is 1. The Bertz CT molecular complexity index is 1200. The van der Waals surface area contributed by atoms with Crippen LogP contribution in [-0.2, 0) is 4.79 Å². The highest BCUT2D eigenvalue weighted by molar-refractivity contribution is 6.34. The second-order valence-electron chi connectivity index (χ2n) is 9.19. The molecule has 0 saturated heterocycles. The van der Waals surface area contributed by atoms with Gasteiger partial charge in [-0.2, -0.15) is 0 Å². The molecule has 3 aromatic rings. The van der Waals surface area contributed by atoms with E-state index in [1.54, 1.807) is 11.0 Å². The maximum atomic E-state index is 13.6. The minimum Gasteiger partial charge on any atom is -0.492 e. The lowest BCUT2D eigenvalue weighted by molar-refractivity contribution is -0.121. The van der Waals surface area contributed by atoms with Crippen LogP contribution >= 0.6 is 11.6 Å². The Balaban J connectivity index is 1.41. The first-order valence-electron chi connectivity index (χ1n) is 13.0. The normalized spacial score (nSPS) is 14.9. The third-order valence-corrected chi connectivity index (χ3v) is 6.81. The van der Waals surface area contributed by atoms with Crippen LogP contribution in [0.2, 0.25) is 5.02 Å². The van der Waals surface area contributed by atoms with Crippen molar-refractivity contribution in [3.05, 3.63) is 88.9 Å². The molecular formula is C30H34ClN3O3. The summed E-state index contributed by atoms with van der Waals surface area (Å²) in [5.74, 6) is 0.670. The average Bonchev–Trinajstić information content (AvgIpc) is 3.10. The predicted octanol–water partition coefficient (Wildman–Crippen LogP) is 6.27. The zero-order chi connectivity index (χ0) is 26.0. The van der Waals surface area contributed by atoms with Crippen molar-refractivity contribution in [1.82, 2.24) is 5.32 Å². The lowest BCUT2D eigenvalue weighted by atomic mass is 9.90. The van der Waals surface area contributed by atoms with E-state index in [0.717, 1.165) is 48.5 Å². The predicted molar refractivity (Wildman–Crippen MR) is 150 cm³/mol. The standard InChI is InChI=1S/C30H34ClN3O3/c1-2-16-32-23-14-15-26(27(31)21-23)30(36)34-18-8-9-22(25-12-6-7-13-28(25)34)20-29(35)33-17-19-37-24-10-4-3-5-11-24/h3-7,10-15,21-22,32H,2,8-9,16-20H2,1H3,(H,33,35). The summed E-state index contributed by atoms with van der Waals surface area (Å²) < 4.78 is 5.67. The van der Waals surface area contributed by atoms with Crippen molar-refractivity contribution in [3.8, 4) is 5.75 Å². The van der Waals surface area contributed by atoms with Crippen molar-refractivity contribution in [2.24, 2.45) is 0 Å². The van der Waals surface area contributed by atoms with Crippen molar-refractivity contribution in [2.45, 2.75) is 38.5 Å². The molecule has 0 aliphatic carbocycles. The summed E-state index contributed by atoms with van der Waals surface area (Å²) in [6.07, 6.45) is 2.98. The van der Waals surface area contributed by atoms with Gasteiger partial charge in [0.15, 0.2) is 0 Å². The summed E-state index contributed by atoms with van der Waals surface area (Å²) in [6, 6.07) is 22.9. The minimum atomic E-state index is -0.123. The third kappa shape index (κ3) is 7.04. The van der Waals surface area contributed by atoms with Gasteiger partial charge in [0.1, 0.15) is 12.4 Å². The van der Waals surface area contributed by atoms with Crippen LogP contribution in [0.3, 0.4) is 0 Å². The van der Waals surface area contributed by atoms with Gasteiger partial charge in [0, 0.05) is 30.9 Å². The highest BCUT2D eigenvalue weighted by atomic mass is 35.5. The van der Waals surface area contributed by atoms with Gasteiger partial charge >= 0.3 is 0 Å². The molecule has 1 aliphatic heterocycles. The van der Waals surface area contributed by atoms with Gasteiger partial charge in [-0.15, -0.1) is 0 Å². The number of halogens is 1. The van der Waals surface area contributed by atoms with Crippen LogP contribution in [0.5, 0.6) is 5.75 Å². The summed E-state index contributed by atoms with van der Waals surface area (Å²) in [6.45, 7) is 4.37. The number of benzene rings is 3. The van der Waals surface area contributed by atoms with Gasteiger partial charge in [0.25, 0.3) is 5.91 Å². The molecular weight excluding hydrogens is 486 g/mol. The first-order chi connectivity index (χ1) is 18.1. The Morgan fingerprint density at radius 1 is 1.03 bits per heavy atom. The first kappa shape index (κ1) is 26.6. The van der Waals surface area contributed by atoms with E-state index in [2.05, 4.69) is 17.6 Å². The van der Waals surface area contributed by atoms with Crippen LogP contribution < -0.4 is 20.3 Å². The molecule has 1 aliphatic rings. The minimum absolute atomic E-state index is 0.0190. The van der Waals surface area contributed by atoms with Crippen LogP contribution in [0.15, 0.2) is 72.8 Å². The second-order valence-corrected chi connectivity index (χ2v) is 9.60. The summed E-state index contributed by atoms with van der Waals surface area (Å²) in [4.78, 5) is 28.2. The maximum Gasteiger partial charge on any atom is 0.259 e. The average molecular weight is 520 g/mol. The summed E-state index contributed by atoms with van der Waals surface area (Å²) in [5, 5.41) is 6.70. The number of hydrogen-bond donors (Lipinski definition) is 2. The molecule has 3 aromatic carbocycles. The van der Waals surface area contributed by atoms with Gasteiger partial charge in [-0.25, -0.2) is 0 Å². The number of carbonyl (C=O) groups excluding carboxylic acids is 2. The molecule has 1 heterocycles. The van der Waals surface area contributed by atoms with E-state index in [1.807, 2.05) is 66.7 Å². The Morgan fingerprint density at radius 2 is 1.81 bits per heavy atom. The summed E-state index contributed by atoms with van der Waals surface area (Å²) >= 11 is 6.54. The zero-order valence-electron chi connectivity index (χ0n) is 21.2. The monoisotopic (exact) mass is 519 g/mol. The molecule has 4 rings (SSSR count). The Labute approximate surface area is 224 Å². The van der Waals surface area contributed by atoms with Gasteiger partial charge < -0.3 is 20.3 Å². The fourth-order valence-corrected chi connectivity index (χ4v) is 4.92. The maximum absolute atomic E-state index is 13.6. The van der Waals surface area contributed by atoms with Crippen LogP contribution in [0.25, 0.3) is 0 Å². The van der Waals surface area contributed by atoms with E-state index in [9.17, 15) is 9.59 Å². The molecule has 0 spiro atoms. The Morgan fingerprint density at radius 3 is 2.59 bits per heavy atom. The van der Waals surface area contributed by atoms with E-state index < -0.39 is 0 Å². The molecule has 37 heavy (non-hydrogen) atoms. The van der Waals surface area contributed by atoms with E-state index in [0.29, 0.717) is 36.7 Å². The van der Waals surface area contributed by atoms with E-state index in [-0.39, 0.29) is 17.7 Å². The SMILES string of the molecule is CCCNc1ccc(C(=O)N2CCCC(CC(=O)NCCOc3ccccc3)c3ccccc32)c(Cl)c1. The van der Waals surface area contributed by atoms with Crippen LogP contribution in [0.4, 0.5) is 11.4 Å². The molecule has 0 bridgehead atoms.